The Morgan fingerprint density at radius 1 is 1.12 bits per heavy atom. The number of nitro groups is 1. The SMILES string of the molecule is CC(Nc1ccc(C(=O)N2CCC(CN3CCCCCC3)CC2)cc1[N+](=O)[O-])c1ccccn1. The van der Waals surface area contributed by atoms with Crippen LogP contribution < -0.4 is 5.32 Å². The largest absolute Gasteiger partial charge is 0.371 e. The molecule has 3 heterocycles. The number of likely N-dealkylation sites (tertiary alicyclic amines) is 2. The van der Waals surface area contributed by atoms with Gasteiger partial charge in [0.2, 0.25) is 0 Å². The van der Waals surface area contributed by atoms with Crippen LogP contribution in [-0.4, -0.2) is 58.3 Å². The molecule has 2 aliphatic heterocycles. The van der Waals surface area contributed by atoms with Crippen LogP contribution in [-0.2, 0) is 0 Å². The Bertz CT molecular complexity index is 968. The van der Waals surface area contributed by atoms with Gasteiger partial charge in [-0.3, -0.25) is 19.9 Å². The zero-order valence-corrected chi connectivity index (χ0v) is 20.0. The van der Waals surface area contributed by atoms with Gasteiger partial charge >= 0.3 is 0 Å². The third-order valence-electron chi connectivity index (χ3n) is 7.06. The highest BCUT2D eigenvalue weighted by Crippen LogP contribution is 2.30. The van der Waals surface area contributed by atoms with Crippen LogP contribution in [0.4, 0.5) is 11.4 Å². The van der Waals surface area contributed by atoms with Crippen molar-refractivity contribution in [1.82, 2.24) is 14.8 Å². The van der Waals surface area contributed by atoms with E-state index in [-0.39, 0.29) is 17.6 Å². The highest BCUT2D eigenvalue weighted by Gasteiger charge is 2.27. The number of nitrogens with zero attached hydrogens (tertiary/aromatic N) is 4. The number of carbonyl (C=O) groups excluding carboxylic acids is 1. The summed E-state index contributed by atoms with van der Waals surface area (Å²) in [6.45, 7) is 6.84. The smallest absolute Gasteiger partial charge is 0.293 e. The quantitative estimate of drug-likeness (QED) is 0.462. The molecule has 0 saturated carbocycles. The average Bonchev–Trinajstić information content (AvgIpc) is 3.13. The maximum atomic E-state index is 13.1. The van der Waals surface area contributed by atoms with Crippen LogP contribution in [0.3, 0.4) is 0 Å². The lowest BCUT2D eigenvalue weighted by Crippen LogP contribution is -2.41. The lowest BCUT2D eigenvalue weighted by molar-refractivity contribution is -0.384. The van der Waals surface area contributed by atoms with Gasteiger partial charge in [-0.25, -0.2) is 0 Å². The molecule has 8 nitrogen and oxygen atoms in total. The highest BCUT2D eigenvalue weighted by molar-refractivity contribution is 5.95. The third-order valence-corrected chi connectivity index (χ3v) is 7.06. The van der Waals surface area contributed by atoms with Crippen LogP contribution >= 0.6 is 0 Å². The van der Waals surface area contributed by atoms with Crippen molar-refractivity contribution < 1.29 is 9.72 Å². The molecule has 2 saturated heterocycles. The summed E-state index contributed by atoms with van der Waals surface area (Å²) in [6, 6.07) is 10.1. The van der Waals surface area contributed by atoms with Crippen molar-refractivity contribution in [2.45, 2.75) is 51.5 Å². The van der Waals surface area contributed by atoms with E-state index in [9.17, 15) is 14.9 Å². The Morgan fingerprint density at radius 3 is 2.50 bits per heavy atom. The Morgan fingerprint density at radius 2 is 1.85 bits per heavy atom. The molecule has 1 N–H and O–H groups in total. The molecular formula is C26H35N5O3. The molecule has 2 aliphatic rings. The molecule has 8 heteroatoms. The first-order chi connectivity index (χ1) is 16.5. The van der Waals surface area contributed by atoms with Crippen molar-refractivity contribution in [3.05, 3.63) is 64.0 Å². The number of nitro benzene ring substituents is 1. The fourth-order valence-electron chi connectivity index (χ4n) is 5.06. The topological polar surface area (TPSA) is 91.6 Å². The van der Waals surface area contributed by atoms with Crippen molar-refractivity contribution in [3.8, 4) is 0 Å². The van der Waals surface area contributed by atoms with Gasteiger partial charge in [0.05, 0.1) is 16.7 Å². The van der Waals surface area contributed by atoms with E-state index < -0.39 is 4.92 Å². The molecule has 0 aliphatic carbocycles. The molecule has 1 aromatic carbocycles. The number of anilines is 1. The predicted octanol–water partition coefficient (Wildman–Crippen LogP) is 4.89. The molecule has 182 valence electrons. The van der Waals surface area contributed by atoms with Gasteiger partial charge < -0.3 is 15.1 Å². The van der Waals surface area contributed by atoms with Gasteiger partial charge in [0, 0.05) is 37.5 Å². The maximum Gasteiger partial charge on any atom is 0.293 e. The summed E-state index contributed by atoms with van der Waals surface area (Å²) in [6.07, 6.45) is 8.94. The number of rotatable bonds is 7. The van der Waals surface area contributed by atoms with Gasteiger partial charge in [-0.1, -0.05) is 18.9 Å². The van der Waals surface area contributed by atoms with E-state index in [0.29, 0.717) is 30.3 Å². The van der Waals surface area contributed by atoms with Crippen LogP contribution in [0.5, 0.6) is 0 Å². The van der Waals surface area contributed by atoms with E-state index >= 15 is 0 Å². The van der Waals surface area contributed by atoms with Crippen LogP contribution in [0.2, 0.25) is 0 Å². The number of benzene rings is 1. The molecule has 1 unspecified atom stereocenters. The number of hydrogen-bond donors (Lipinski definition) is 1. The van der Waals surface area contributed by atoms with Crippen LogP contribution in [0.1, 0.15) is 67.5 Å². The lowest BCUT2D eigenvalue weighted by atomic mass is 9.95. The summed E-state index contributed by atoms with van der Waals surface area (Å²) in [5.41, 5.74) is 1.45. The predicted molar refractivity (Wildman–Crippen MR) is 133 cm³/mol. The minimum Gasteiger partial charge on any atom is -0.371 e. The molecule has 0 spiro atoms. The summed E-state index contributed by atoms with van der Waals surface area (Å²) in [7, 11) is 0. The minimum absolute atomic E-state index is 0.0929. The van der Waals surface area contributed by atoms with E-state index in [1.54, 1.807) is 18.3 Å². The molecule has 2 aromatic rings. The number of piperidine rings is 1. The van der Waals surface area contributed by atoms with Gasteiger partial charge in [0.1, 0.15) is 5.69 Å². The number of hydrogen-bond acceptors (Lipinski definition) is 6. The molecule has 34 heavy (non-hydrogen) atoms. The van der Waals surface area contributed by atoms with Crippen LogP contribution in [0.15, 0.2) is 42.6 Å². The number of amides is 1. The fraction of sp³-hybridized carbons (Fsp3) is 0.538. The van der Waals surface area contributed by atoms with Crippen LogP contribution in [0.25, 0.3) is 0 Å². The lowest BCUT2D eigenvalue weighted by Gasteiger charge is -2.34. The summed E-state index contributed by atoms with van der Waals surface area (Å²) in [4.78, 5) is 33.2. The maximum absolute atomic E-state index is 13.1. The van der Waals surface area contributed by atoms with Gasteiger partial charge in [0.25, 0.3) is 11.6 Å². The summed E-state index contributed by atoms with van der Waals surface area (Å²) < 4.78 is 0. The Balaban J connectivity index is 1.37. The van der Waals surface area contributed by atoms with Crippen molar-refractivity contribution >= 4 is 17.3 Å². The summed E-state index contributed by atoms with van der Waals surface area (Å²) in [5, 5.41) is 14.9. The zero-order chi connectivity index (χ0) is 23.9. The van der Waals surface area contributed by atoms with Gasteiger partial charge in [-0.2, -0.15) is 0 Å². The number of aromatic nitrogens is 1. The van der Waals surface area contributed by atoms with Gasteiger partial charge in [0.15, 0.2) is 0 Å². The second kappa shape index (κ2) is 11.4. The number of pyridine rings is 1. The molecule has 1 aromatic heterocycles. The van der Waals surface area contributed by atoms with E-state index in [2.05, 4.69) is 15.2 Å². The molecular weight excluding hydrogens is 430 g/mol. The molecule has 2 fully saturated rings. The minimum atomic E-state index is -0.433. The number of nitrogens with one attached hydrogen (secondary N) is 1. The van der Waals surface area contributed by atoms with E-state index in [4.69, 9.17) is 0 Å². The van der Waals surface area contributed by atoms with Crippen molar-refractivity contribution in [2.24, 2.45) is 5.92 Å². The van der Waals surface area contributed by atoms with Gasteiger partial charge in [-0.15, -0.1) is 0 Å². The Labute approximate surface area is 201 Å². The Hall–Kier alpha value is -3.00. The second-order valence-corrected chi connectivity index (χ2v) is 9.56. The normalized spacial score (nSPS) is 18.8. The zero-order valence-electron chi connectivity index (χ0n) is 20.0. The van der Waals surface area contributed by atoms with E-state index in [1.807, 2.05) is 30.0 Å². The average molecular weight is 466 g/mol. The first-order valence-corrected chi connectivity index (χ1v) is 12.5. The highest BCUT2D eigenvalue weighted by atomic mass is 16.6. The van der Waals surface area contributed by atoms with Crippen molar-refractivity contribution in [2.75, 3.05) is 38.0 Å². The van der Waals surface area contributed by atoms with Crippen LogP contribution in [0, 0.1) is 16.0 Å². The molecule has 0 radical (unpaired) electrons. The van der Waals surface area contributed by atoms with Crippen molar-refractivity contribution in [3.63, 3.8) is 0 Å². The summed E-state index contributed by atoms with van der Waals surface area (Å²) in [5.74, 6) is 0.497. The first-order valence-electron chi connectivity index (χ1n) is 12.5. The molecule has 4 rings (SSSR count). The molecule has 1 atom stereocenters. The van der Waals surface area contributed by atoms with Crippen molar-refractivity contribution in [1.29, 1.82) is 0 Å². The molecule has 1 amide bonds. The standard InChI is InChI=1S/C26H35N5O3/c1-20(23-8-4-5-13-27-23)28-24-10-9-22(18-25(24)31(33)34)26(32)30-16-11-21(12-17-30)19-29-14-6-2-3-7-15-29/h4-5,8-10,13,18,20-21,28H,2-3,6-7,11-12,14-17,19H2,1H3. The Kier molecular flexibility index (Phi) is 8.11. The monoisotopic (exact) mass is 465 g/mol. The van der Waals surface area contributed by atoms with E-state index in [1.165, 1.54) is 44.8 Å². The number of carbonyl (C=O) groups is 1. The van der Waals surface area contributed by atoms with Gasteiger partial charge in [-0.05, 0) is 75.9 Å². The molecule has 0 bridgehead atoms. The fourth-order valence-corrected chi connectivity index (χ4v) is 5.06. The third kappa shape index (κ3) is 6.11. The van der Waals surface area contributed by atoms with E-state index in [0.717, 1.165) is 25.1 Å². The first kappa shape index (κ1) is 24.1. The summed E-state index contributed by atoms with van der Waals surface area (Å²) >= 11 is 0. The second-order valence-electron chi connectivity index (χ2n) is 9.56.